The van der Waals surface area contributed by atoms with E-state index in [9.17, 15) is 5.11 Å². The molecule has 4 nitrogen and oxygen atoms in total. The van der Waals surface area contributed by atoms with Gasteiger partial charge in [0.05, 0.1) is 13.2 Å². The molecule has 0 radical (unpaired) electrons. The van der Waals surface area contributed by atoms with Crippen LogP contribution in [-0.2, 0) is 0 Å². The molecule has 1 aliphatic rings. The summed E-state index contributed by atoms with van der Waals surface area (Å²) >= 11 is 0. The minimum atomic E-state index is -0.463. The summed E-state index contributed by atoms with van der Waals surface area (Å²) in [7, 11) is 3.83. The highest BCUT2D eigenvalue weighted by Gasteiger charge is 2.18. The zero-order valence-corrected chi connectivity index (χ0v) is 12.5. The molecule has 1 heterocycles. The lowest BCUT2D eigenvalue weighted by Gasteiger charge is -2.32. The summed E-state index contributed by atoms with van der Waals surface area (Å²) in [4.78, 5) is 2.41. The third-order valence-corrected chi connectivity index (χ3v) is 4.14. The molecule has 0 aliphatic carbocycles. The van der Waals surface area contributed by atoms with E-state index in [1.807, 2.05) is 24.3 Å². The Morgan fingerprint density at radius 1 is 1.35 bits per heavy atom. The van der Waals surface area contributed by atoms with Crippen molar-refractivity contribution in [1.82, 2.24) is 10.2 Å². The summed E-state index contributed by atoms with van der Waals surface area (Å²) in [5.74, 6) is 0.817. The summed E-state index contributed by atoms with van der Waals surface area (Å²) in [5, 5.41) is 13.6. The fraction of sp³-hybridized carbons (Fsp3) is 0.625. The topological polar surface area (TPSA) is 44.7 Å². The van der Waals surface area contributed by atoms with Crippen LogP contribution >= 0.6 is 0 Å². The molecule has 1 aliphatic heterocycles. The van der Waals surface area contributed by atoms with E-state index < -0.39 is 6.10 Å². The molecule has 1 fully saturated rings. The number of ether oxygens (including phenoxy) is 1. The molecule has 2 rings (SSSR count). The van der Waals surface area contributed by atoms with Crippen molar-refractivity contribution >= 4 is 0 Å². The van der Waals surface area contributed by atoms with Gasteiger partial charge in [0.2, 0.25) is 0 Å². The monoisotopic (exact) mass is 278 g/mol. The van der Waals surface area contributed by atoms with Crippen LogP contribution in [0, 0.1) is 0 Å². The van der Waals surface area contributed by atoms with E-state index in [4.69, 9.17) is 4.74 Å². The van der Waals surface area contributed by atoms with Gasteiger partial charge in [-0.05, 0) is 44.1 Å². The third-order valence-electron chi connectivity index (χ3n) is 4.14. The van der Waals surface area contributed by atoms with Gasteiger partial charge in [-0.15, -0.1) is 0 Å². The second-order valence-electron chi connectivity index (χ2n) is 5.58. The highest BCUT2D eigenvalue weighted by molar-refractivity contribution is 5.28. The highest BCUT2D eigenvalue weighted by Crippen LogP contribution is 2.17. The van der Waals surface area contributed by atoms with Crippen LogP contribution in [0.15, 0.2) is 24.3 Å². The normalized spacial score (nSPS) is 21.6. The maximum atomic E-state index is 10.2. The van der Waals surface area contributed by atoms with Crippen molar-refractivity contribution in [2.75, 3.05) is 33.8 Å². The number of likely N-dealkylation sites (tertiary alicyclic amines) is 1. The van der Waals surface area contributed by atoms with Crippen molar-refractivity contribution in [3.63, 3.8) is 0 Å². The van der Waals surface area contributed by atoms with Crippen molar-refractivity contribution in [1.29, 1.82) is 0 Å². The van der Waals surface area contributed by atoms with Crippen molar-refractivity contribution in [2.45, 2.75) is 31.4 Å². The maximum absolute atomic E-state index is 10.2. The molecule has 0 bridgehead atoms. The fourth-order valence-corrected chi connectivity index (χ4v) is 2.73. The minimum Gasteiger partial charge on any atom is -0.497 e. The number of rotatable bonds is 6. The van der Waals surface area contributed by atoms with E-state index in [0.29, 0.717) is 12.6 Å². The summed E-state index contributed by atoms with van der Waals surface area (Å²) in [6.45, 7) is 2.73. The Balaban J connectivity index is 1.75. The van der Waals surface area contributed by atoms with Gasteiger partial charge in [0.25, 0.3) is 0 Å². The Bertz CT molecular complexity index is 394. The molecule has 2 N–H and O–H groups in total. The van der Waals surface area contributed by atoms with E-state index in [1.54, 1.807) is 7.11 Å². The molecule has 0 aromatic heterocycles. The molecule has 0 saturated carbocycles. The molecule has 1 aromatic carbocycles. The molecule has 4 heteroatoms. The molecular weight excluding hydrogens is 252 g/mol. The summed E-state index contributed by atoms with van der Waals surface area (Å²) in [5.41, 5.74) is 0.926. The number of nitrogens with one attached hydrogen (secondary N) is 1. The Labute approximate surface area is 121 Å². The molecule has 2 unspecified atom stereocenters. The van der Waals surface area contributed by atoms with Crippen LogP contribution in [0.1, 0.15) is 30.9 Å². The first-order chi connectivity index (χ1) is 9.70. The zero-order chi connectivity index (χ0) is 14.4. The SMILES string of the molecule is COc1ccc(C(O)CNCC2CCCCN2C)cc1. The number of benzene rings is 1. The number of aliphatic hydroxyl groups excluding tert-OH is 1. The average molecular weight is 278 g/mol. The van der Waals surface area contributed by atoms with Crippen LogP contribution in [0.4, 0.5) is 0 Å². The first kappa shape index (κ1) is 15.3. The van der Waals surface area contributed by atoms with Gasteiger partial charge in [0.1, 0.15) is 5.75 Å². The Morgan fingerprint density at radius 3 is 2.75 bits per heavy atom. The molecule has 1 saturated heterocycles. The van der Waals surface area contributed by atoms with Gasteiger partial charge in [-0.2, -0.15) is 0 Å². The molecule has 0 spiro atoms. The first-order valence-corrected chi connectivity index (χ1v) is 7.43. The van der Waals surface area contributed by atoms with Crippen molar-refractivity contribution in [3.8, 4) is 5.75 Å². The molecule has 0 amide bonds. The lowest BCUT2D eigenvalue weighted by molar-refractivity contribution is 0.153. The van der Waals surface area contributed by atoms with Crippen molar-refractivity contribution in [3.05, 3.63) is 29.8 Å². The minimum absolute atomic E-state index is 0.463. The van der Waals surface area contributed by atoms with Crippen LogP contribution in [0.5, 0.6) is 5.75 Å². The molecular formula is C16H26N2O2. The Hall–Kier alpha value is -1.10. The van der Waals surface area contributed by atoms with Gasteiger partial charge in [-0.3, -0.25) is 0 Å². The van der Waals surface area contributed by atoms with E-state index >= 15 is 0 Å². The highest BCUT2D eigenvalue weighted by atomic mass is 16.5. The van der Waals surface area contributed by atoms with Gasteiger partial charge >= 0.3 is 0 Å². The van der Waals surface area contributed by atoms with E-state index in [0.717, 1.165) is 17.9 Å². The van der Waals surface area contributed by atoms with Crippen molar-refractivity contribution in [2.24, 2.45) is 0 Å². The standard InChI is InChI=1S/C16H26N2O2/c1-18-10-4-3-5-14(18)11-17-12-16(19)13-6-8-15(20-2)9-7-13/h6-9,14,16-17,19H,3-5,10-12H2,1-2H3. The smallest absolute Gasteiger partial charge is 0.118 e. The number of methoxy groups -OCH3 is 1. The Kier molecular flexibility index (Phi) is 5.83. The van der Waals surface area contributed by atoms with Gasteiger partial charge in [0.15, 0.2) is 0 Å². The number of likely N-dealkylation sites (N-methyl/N-ethyl adjacent to an activating group) is 1. The van der Waals surface area contributed by atoms with E-state index in [-0.39, 0.29) is 0 Å². The first-order valence-electron chi connectivity index (χ1n) is 7.43. The maximum Gasteiger partial charge on any atom is 0.118 e. The van der Waals surface area contributed by atoms with Crippen LogP contribution in [0.2, 0.25) is 0 Å². The van der Waals surface area contributed by atoms with Gasteiger partial charge < -0.3 is 20.1 Å². The lowest BCUT2D eigenvalue weighted by Crippen LogP contribution is -2.43. The second kappa shape index (κ2) is 7.62. The van der Waals surface area contributed by atoms with Crippen LogP contribution in [0.3, 0.4) is 0 Å². The molecule has 20 heavy (non-hydrogen) atoms. The average Bonchev–Trinajstić information content (AvgIpc) is 2.49. The number of hydrogen-bond donors (Lipinski definition) is 2. The number of hydrogen-bond acceptors (Lipinski definition) is 4. The van der Waals surface area contributed by atoms with Gasteiger partial charge in [-0.1, -0.05) is 18.6 Å². The fourth-order valence-electron chi connectivity index (χ4n) is 2.73. The van der Waals surface area contributed by atoms with Gasteiger partial charge in [0, 0.05) is 19.1 Å². The largest absolute Gasteiger partial charge is 0.497 e. The summed E-state index contributed by atoms with van der Waals surface area (Å²) in [6, 6.07) is 8.20. The van der Waals surface area contributed by atoms with Crippen LogP contribution < -0.4 is 10.1 Å². The number of piperidine rings is 1. The van der Waals surface area contributed by atoms with Crippen LogP contribution in [0.25, 0.3) is 0 Å². The molecule has 112 valence electrons. The van der Waals surface area contributed by atoms with E-state index in [1.165, 1.54) is 25.8 Å². The number of aliphatic hydroxyl groups is 1. The third kappa shape index (κ3) is 4.20. The van der Waals surface area contributed by atoms with E-state index in [2.05, 4.69) is 17.3 Å². The summed E-state index contributed by atoms with van der Waals surface area (Å²) in [6.07, 6.45) is 3.41. The zero-order valence-electron chi connectivity index (χ0n) is 12.5. The van der Waals surface area contributed by atoms with Crippen molar-refractivity contribution < 1.29 is 9.84 Å². The quantitative estimate of drug-likeness (QED) is 0.833. The second-order valence-corrected chi connectivity index (χ2v) is 5.58. The van der Waals surface area contributed by atoms with Gasteiger partial charge in [-0.25, -0.2) is 0 Å². The lowest BCUT2D eigenvalue weighted by atomic mass is 10.0. The summed E-state index contributed by atoms with van der Waals surface area (Å²) < 4.78 is 5.12. The predicted molar refractivity (Wildman–Crippen MR) is 81.1 cm³/mol. The number of nitrogens with zero attached hydrogens (tertiary/aromatic N) is 1. The molecule has 1 aromatic rings. The predicted octanol–water partition coefficient (Wildman–Crippen LogP) is 1.80. The molecule has 2 atom stereocenters. The Morgan fingerprint density at radius 2 is 2.10 bits per heavy atom. The van der Waals surface area contributed by atoms with Crippen LogP contribution in [-0.4, -0.2) is 49.8 Å².